The molecule has 1 amide bonds. The van der Waals surface area contributed by atoms with Gasteiger partial charge in [-0.15, -0.1) is 0 Å². The Morgan fingerprint density at radius 1 is 1.10 bits per heavy atom. The molecule has 0 aliphatic carbocycles. The van der Waals surface area contributed by atoms with Crippen molar-refractivity contribution in [1.82, 2.24) is 8.61 Å². The molecule has 1 aliphatic rings. The highest BCUT2D eigenvalue weighted by atomic mass is 32.2. The van der Waals surface area contributed by atoms with Crippen LogP contribution in [0.25, 0.3) is 0 Å². The molecule has 0 atom stereocenters. The molecule has 3 rings (SSSR count). The molecule has 0 spiro atoms. The minimum Gasteiger partial charge on any atom is -0.324 e. The summed E-state index contributed by atoms with van der Waals surface area (Å²) < 4.78 is 41.6. The van der Waals surface area contributed by atoms with Crippen molar-refractivity contribution in [3.63, 3.8) is 0 Å². The van der Waals surface area contributed by atoms with E-state index in [4.69, 9.17) is 0 Å². The lowest BCUT2D eigenvalue weighted by atomic mass is 10.1. The van der Waals surface area contributed by atoms with Gasteiger partial charge in [0.05, 0.1) is 6.54 Å². The molecule has 29 heavy (non-hydrogen) atoms. The lowest BCUT2D eigenvalue weighted by Gasteiger charge is -2.34. The van der Waals surface area contributed by atoms with Crippen molar-refractivity contribution in [3.05, 3.63) is 65.0 Å². The summed E-state index contributed by atoms with van der Waals surface area (Å²) in [7, 11) is -3.77. The molecule has 2 aromatic rings. The Morgan fingerprint density at radius 2 is 1.79 bits per heavy atom. The summed E-state index contributed by atoms with van der Waals surface area (Å²) in [4.78, 5) is 12.6. The molecule has 0 saturated carbocycles. The van der Waals surface area contributed by atoms with Crippen LogP contribution in [0.15, 0.2) is 42.5 Å². The number of hydrogen-bond acceptors (Lipinski definition) is 3. The predicted octanol–water partition coefficient (Wildman–Crippen LogP) is 3.09. The highest BCUT2D eigenvalue weighted by Crippen LogP contribution is 2.22. The first-order valence-electron chi connectivity index (χ1n) is 9.69. The van der Waals surface area contributed by atoms with Crippen molar-refractivity contribution in [2.75, 3.05) is 25.0 Å². The van der Waals surface area contributed by atoms with E-state index in [0.29, 0.717) is 25.1 Å². The lowest BCUT2D eigenvalue weighted by Crippen LogP contribution is -2.51. The van der Waals surface area contributed by atoms with E-state index >= 15 is 0 Å². The van der Waals surface area contributed by atoms with E-state index in [1.165, 1.54) is 20.7 Å². The maximum Gasteiger partial charge on any atom is 0.282 e. The van der Waals surface area contributed by atoms with E-state index in [0.717, 1.165) is 23.2 Å². The summed E-state index contributed by atoms with van der Waals surface area (Å²) in [5.74, 6) is -0.725. The average molecular weight is 420 g/mol. The number of nitrogens with zero attached hydrogens (tertiary/aromatic N) is 2. The van der Waals surface area contributed by atoms with Crippen LogP contribution in [0.2, 0.25) is 0 Å². The number of para-hydroxylation sites is 1. The smallest absolute Gasteiger partial charge is 0.282 e. The zero-order valence-corrected chi connectivity index (χ0v) is 17.5. The lowest BCUT2D eigenvalue weighted by molar-refractivity contribution is -0.116. The molecule has 156 valence electrons. The maximum atomic E-state index is 13.1. The summed E-state index contributed by atoms with van der Waals surface area (Å²) in [6.07, 6.45) is 1.39. The molecular formula is C21H26FN3O3S. The second-order valence-corrected chi connectivity index (χ2v) is 9.09. The van der Waals surface area contributed by atoms with Crippen molar-refractivity contribution < 1.29 is 17.6 Å². The van der Waals surface area contributed by atoms with Gasteiger partial charge < -0.3 is 5.32 Å². The van der Waals surface area contributed by atoms with Crippen LogP contribution in [0.3, 0.4) is 0 Å². The third kappa shape index (κ3) is 5.01. The number of carbonyl (C=O) groups is 1. The molecule has 6 nitrogen and oxygen atoms in total. The molecule has 2 aromatic carbocycles. The van der Waals surface area contributed by atoms with Crippen LogP contribution in [0.5, 0.6) is 0 Å². The van der Waals surface area contributed by atoms with Gasteiger partial charge in [-0.25, -0.2) is 4.39 Å². The van der Waals surface area contributed by atoms with Crippen LogP contribution in [0.1, 0.15) is 30.0 Å². The number of halogens is 1. The fourth-order valence-corrected chi connectivity index (χ4v) is 5.11. The summed E-state index contributed by atoms with van der Waals surface area (Å²) in [6, 6.07) is 11.6. The fourth-order valence-electron chi connectivity index (χ4n) is 3.47. The van der Waals surface area contributed by atoms with Crippen molar-refractivity contribution in [2.24, 2.45) is 0 Å². The van der Waals surface area contributed by atoms with Crippen molar-refractivity contribution >= 4 is 21.8 Å². The minimum absolute atomic E-state index is 0.151. The van der Waals surface area contributed by atoms with E-state index < -0.39 is 10.2 Å². The summed E-state index contributed by atoms with van der Waals surface area (Å²) in [5.41, 5.74) is 3.40. The van der Waals surface area contributed by atoms with Crippen LogP contribution in [-0.4, -0.2) is 42.6 Å². The van der Waals surface area contributed by atoms with Gasteiger partial charge in [0.2, 0.25) is 5.91 Å². The number of benzene rings is 2. The number of rotatable bonds is 6. The first-order valence-corrected chi connectivity index (χ1v) is 11.1. The van der Waals surface area contributed by atoms with E-state index in [1.807, 2.05) is 32.0 Å². The molecule has 1 fully saturated rings. The summed E-state index contributed by atoms with van der Waals surface area (Å²) >= 11 is 0. The Balaban J connectivity index is 1.70. The van der Waals surface area contributed by atoms with Gasteiger partial charge in [0.1, 0.15) is 5.82 Å². The number of hydrogen-bond donors (Lipinski definition) is 1. The topological polar surface area (TPSA) is 69.7 Å². The van der Waals surface area contributed by atoms with Gasteiger partial charge in [0.15, 0.2) is 0 Å². The van der Waals surface area contributed by atoms with Gasteiger partial charge in [-0.1, -0.05) is 37.3 Å². The maximum absolute atomic E-state index is 13.1. The molecule has 0 bridgehead atoms. The van der Waals surface area contributed by atoms with Crippen LogP contribution in [-0.2, 0) is 28.0 Å². The number of anilines is 1. The SMILES string of the molecule is CCc1cccc(C)c1NC(=O)CN1CCCN(Cc2ccc(F)cc2)S1(=O)=O. The molecule has 1 aliphatic heterocycles. The molecule has 1 saturated heterocycles. The van der Waals surface area contributed by atoms with Crippen LogP contribution in [0, 0.1) is 12.7 Å². The Morgan fingerprint density at radius 3 is 2.48 bits per heavy atom. The standard InChI is InChI=1S/C21H26FN3O3S/c1-3-18-7-4-6-16(2)21(18)23-20(26)15-25-13-5-12-24(29(25,27)28)14-17-8-10-19(22)11-9-17/h4,6-11H,3,5,12-15H2,1-2H3,(H,23,26). The first kappa shape index (κ1) is 21.4. The van der Waals surface area contributed by atoms with Crippen molar-refractivity contribution in [3.8, 4) is 0 Å². The average Bonchev–Trinajstić information content (AvgIpc) is 2.68. The van der Waals surface area contributed by atoms with Gasteiger partial charge in [0.25, 0.3) is 10.2 Å². The van der Waals surface area contributed by atoms with E-state index in [1.54, 1.807) is 12.1 Å². The second-order valence-electron chi connectivity index (χ2n) is 7.17. The number of aryl methyl sites for hydroxylation is 2. The minimum atomic E-state index is -3.77. The van der Waals surface area contributed by atoms with Crippen LogP contribution < -0.4 is 5.32 Å². The largest absolute Gasteiger partial charge is 0.324 e. The van der Waals surface area contributed by atoms with Crippen molar-refractivity contribution in [2.45, 2.75) is 33.2 Å². The zero-order chi connectivity index (χ0) is 21.0. The third-order valence-corrected chi connectivity index (χ3v) is 6.99. The van der Waals surface area contributed by atoms with Gasteiger partial charge in [0, 0.05) is 25.3 Å². The van der Waals surface area contributed by atoms with Gasteiger partial charge in [-0.05, 0) is 48.6 Å². The Bertz CT molecular complexity index is 977. The number of nitrogens with one attached hydrogen (secondary N) is 1. The highest BCUT2D eigenvalue weighted by Gasteiger charge is 2.34. The molecule has 0 unspecified atom stereocenters. The third-order valence-electron chi connectivity index (χ3n) is 5.06. The Hall–Kier alpha value is -2.29. The predicted molar refractivity (Wildman–Crippen MR) is 111 cm³/mol. The number of carbonyl (C=O) groups excluding carboxylic acids is 1. The molecule has 0 aromatic heterocycles. The van der Waals surface area contributed by atoms with Gasteiger partial charge in [-0.2, -0.15) is 17.0 Å². The van der Waals surface area contributed by atoms with Crippen LogP contribution in [0.4, 0.5) is 10.1 Å². The van der Waals surface area contributed by atoms with Crippen molar-refractivity contribution in [1.29, 1.82) is 0 Å². The monoisotopic (exact) mass is 419 g/mol. The van der Waals surface area contributed by atoms with Crippen LogP contribution >= 0.6 is 0 Å². The first-order chi connectivity index (χ1) is 13.8. The molecule has 1 heterocycles. The molecular weight excluding hydrogens is 393 g/mol. The van der Waals surface area contributed by atoms with Gasteiger partial charge in [-0.3, -0.25) is 4.79 Å². The highest BCUT2D eigenvalue weighted by molar-refractivity contribution is 7.86. The second kappa shape index (κ2) is 9.02. The normalized spacial score (nSPS) is 17.2. The number of amides is 1. The Kier molecular flexibility index (Phi) is 6.66. The Labute approximate surface area is 171 Å². The van der Waals surface area contributed by atoms with E-state index in [9.17, 15) is 17.6 Å². The van der Waals surface area contributed by atoms with E-state index in [-0.39, 0.29) is 24.8 Å². The fraction of sp³-hybridized carbons (Fsp3) is 0.381. The molecule has 0 radical (unpaired) electrons. The summed E-state index contributed by atoms with van der Waals surface area (Å²) in [5, 5.41) is 2.88. The quantitative estimate of drug-likeness (QED) is 0.782. The zero-order valence-electron chi connectivity index (χ0n) is 16.7. The van der Waals surface area contributed by atoms with E-state index in [2.05, 4.69) is 5.32 Å². The van der Waals surface area contributed by atoms with Gasteiger partial charge >= 0.3 is 0 Å². The molecule has 1 N–H and O–H groups in total. The molecule has 8 heteroatoms. The summed E-state index contributed by atoms with van der Waals surface area (Å²) in [6.45, 7) is 4.50.